The van der Waals surface area contributed by atoms with Gasteiger partial charge in [0.15, 0.2) is 0 Å². The number of aromatic nitrogens is 2. The summed E-state index contributed by atoms with van der Waals surface area (Å²) in [5.74, 6) is 0.172. The molecule has 0 spiro atoms. The molecule has 1 heterocycles. The van der Waals surface area contributed by atoms with Gasteiger partial charge in [0.05, 0.1) is 16.2 Å². The highest BCUT2D eigenvalue weighted by Gasteiger charge is 2.01. The van der Waals surface area contributed by atoms with Gasteiger partial charge >= 0.3 is 0 Å². The molecule has 0 bridgehead atoms. The van der Waals surface area contributed by atoms with E-state index < -0.39 is 0 Å². The zero-order valence-corrected chi connectivity index (χ0v) is 12.7. The Morgan fingerprint density at radius 2 is 1.42 bits per heavy atom. The van der Waals surface area contributed by atoms with Crippen LogP contribution >= 0.6 is 0 Å². The van der Waals surface area contributed by atoms with Crippen LogP contribution < -0.4 is 10.7 Å². The van der Waals surface area contributed by atoms with Gasteiger partial charge in [-0.25, -0.2) is 9.97 Å². The highest BCUT2D eigenvalue weighted by atomic mass is 16.3. The lowest BCUT2D eigenvalue weighted by Crippen LogP contribution is -2.30. The zero-order valence-electron chi connectivity index (χ0n) is 12.7. The van der Waals surface area contributed by atoms with Crippen LogP contribution in [0.2, 0.25) is 0 Å². The molecule has 0 saturated carbocycles. The van der Waals surface area contributed by atoms with Crippen LogP contribution in [0.1, 0.15) is 41.5 Å². The van der Waals surface area contributed by atoms with Crippen molar-refractivity contribution in [1.29, 1.82) is 0 Å². The number of benzene rings is 1. The fourth-order valence-electron chi connectivity index (χ4n) is 1.51. The number of fused-ring (bicyclic) bond motifs is 1. The number of aromatic hydroxyl groups is 1. The first kappa shape index (κ1) is 17.1. The summed E-state index contributed by atoms with van der Waals surface area (Å²) in [6.45, 7) is 11.8. The van der Waals surface area contributed by atoms with Crippen molar-refractivity contribution in [2.45, 2.75) is 41.5 Å². The van der Waals surface area contributed by atoms with Gasteiger partial charge in [-0.2, -0.15) is 0 Å². The van der Waals surface area contributed by atoms with Crippen molar-refractivity contribution in [2.75, 3.05) is 0 Å². The molecule has 0 radical (unpaired) electrons. The molecule has 104 valence electrons. The molecular formula is C16H24N2O. The summed E-state index contributed by atoms with van der Waals surface area (Å²) in [5, 5.41) is 11.3. The monoisotopic (exact) mass is 260 g/mol. The summed E-state index contributed by atoms with van der Waals surface area (Å²) in [7, 11) is 0. The molecule has 0 atom stereocenters. The minimum atomic E-state index is 0.172. The van der Waals surface area contributed by atoms with Crippen molar-refractivity contribution in [2.24, 2.45) is 0 Å². The molecule has 0 unspecified atom stereocenters. The first-order chi connectivity index (χ1) is 9.26. The summed E-state index contributed by atoms with van der Waals surface area (Å²) in [4.78, 5) is 8.78. The Morgan fingerprint density at radius 1 is 0.895 bits per heavy atom. The van der Waals surface area contributed by atoms with E-state index in [0.29, 0.717) is 11.0 Å². The Balaban J connectivity index is 0.000000741. The van der Waals surface area contributed by atoms with Gasteiger partial charge in [0.1, 0.15) is 11.3 Å². The molecule has 3 heteroatoms. The highest BCUT2D eigenvalue weighted by molar-refractivity contribution is 5.80. The van der Waals surface area contributed by atoms with Crippen molar-refractivity contribution in [3.63, 3.8) is 0 Å². The lowest BCUT2D eigenvalue weighted by molar-refractivity contribution is 0.480. The average Bonchev–Trinajstić information content (AvgIpc) is 2.50. The molecule has 0 amide bonds. The van der Waals surface area contributed by atoms with Crippen LogP contribution in [-0.2, 0) is 0 Å². The maximum Gasteiger partial charge on any atom is 0.143 e. The maximum absolute atomic E-state index is 9.63. The normalized spacial score (nSPS) is 11.5. The lowest BCUT2D eigenvalue weighted by Gasteiger charge is -1.99. The fraction of sp³-hybridized carbons (Fsp3) is 0.375. The van der Waals surface area contributed by atoms with E-state index in [1.165, 1.54) is 0 Å². The van der Waals surface area contributed by atoms with Gasteiger partial charge in [0.25, 0.3) is 0 Å². The van der Waals surface area contributed by atoms with Crippen LogP contribution in [0, 0.1) is 0 Å². The van der Waals surface area contributed by atoms with Crippen LogP contribution in [0.5, 0.6) is 5.75 Å². The van der Waals surface area contributed by atoms with Gasteiger partial charge in [0.2, 0.25) is 0 Å². The second-order valence-corrected chi connectivity index (χ2v) is 3.22. The van der Waals surface area contributed by atoms with E-state index in [-0.39, 0.29) is 5.75 Å². The Morgan fingerprint density at radius 3 is 1.95 bits per heavy atom. The number of rotatable bonds is 0. The van der Waals surface area contributed by atoms with E-state index in [1.54, 1.807) is 12.1 Å². The van der Waals surface area contributed by atoms with E-state index in [2.05, 4.69) is 9.97 Å². The smallest absolute Gasteiger partial charge is 0.143 e. The summed E-state index contributed by atoms with van der Waals surface area (Å²) in [6.07, 6.45) is 3.79. The minimum absolute atomic E-state index is 0.172. The van der Waals surface area contributed by atoms with E-state index in [4.69, 9.17) is 0 Å². The lowest BCUT2D eigenvalue weighted by atomic mass is 10.2. The average molecular weight is 260 g/mol. The summed E-state index contributed by atoms with van der Waals surface area (Å²) in [5.41, 5.74) is 1.27. The first-order valence-corrected chi connectivity index (χ1v) is 6.84. The SMILES string of the molecule is C/C=c1/nc2cccc(O)c2n/c1=C/C.CC.CC. The fourth-order valence-corrected chi connectivity index (χ4v) is 1.51. The van der Waals surface area contributed by atoms with E-state index in [9.17, 15) is 5.11 Å². The molecule has 2 rings (SSSR count). The molecule has 1 aromatic heterocycles. The number of hydrogen-bond acceptors (Lipinski definition) is 3. The Kier molecular flexibility index (Phi) is 8.18. The molecule has 1 N–H and O–H groups in total. The van der Waals surface area contributed by atoms with E-state index >= 15 is 0 Å². The molecular weight excluding hydrogens is 236 g/mol. The largest absolute Gasteiger partial charge is 0.506 e. The van der Waals surface area contributed by atoms with Gasteiger partial charge in [-0.05, 0) is 26.0 Å². The number of hydrogen-bond donors (Lipinski definition) is 1. The predicted molar refractivity (Wildman–Crippen MR) is 83.4 cm³/mol. The second kappa shape index (κ2) is 9.09. The quantitative estimate of drug-likeness (QED) is 0.792. The topological polar surface area (TPSA) is 46.0 Å². The van der Waals surface area contributed by atoms with Crippen LogP contribution in [0.4, 0.5) is 0 Å². The maximum atomic E-state index is 9.63. The van der Waals surface area contributed by atoms with Crippen LogP contribution in [0.3, 0.4) is 0 Å². The van der Waals surface area contributed by atoms with Gasteiger partial charge in [0, 0.05) is 0 Å². The number of phenols is 1. The van der Waals surface area contributed by atoms with E-state index in [1.807, 2.05) is 59.8 Å². The van der Waals surface area contributed by atoms with Crippen LogP contribution in [0.15, 0.2) is 18.2 Å². The number of para-hydroxylation sites is 1. The number of phenolic OH excluding ortho intramolecular Hbond substituents is 1. The molecule has 3 nitrogen and oxygen atoms in total. The van der Waals surface area contributed by atoms with Crippen molar-refractivity contribution in [3.05, 3.63) is 28.9 Å². The van der Waals surface area contributed by atoms with Crippen molar-refractivity contribution < 1.29 is 5.11 Å². The minimum Gasteiger partial charge on any atom is -0.506 e. The van der Waals surface area contributed by atoms with Gasteiger partial charge in [-0.15, -0.1) is 0 Å². The van der Waals surface area contributed by atoms with Crippen molar-refractivity contribution >= 4 is 23.2 Å². The molecule has 0 aliphatic heterocycles. The summed E-state index contributed by atoms with van der Waals surface area (Å²) in [6, 6.07) is 5.22. The third-order valence-corrected chi connectivity index (χ3v) is 2.28. The molecule has 2 aromatic rings. The molecule has 0 aliphatic carbocycles. The molecule has 0 aliphatic rings. The predicted octanol–water partition coefficient (Wildman–Crippen LogP) is 2.99. The summed E-state index contributed by atoms with van der Waals surface area (Å²) < 4.78 is 0. The first-order valence-electron chi connectivity index (χ1n) is 6.84. The Labute approximate surface area is 115 Å². The van der Waals surface area contributed by atoms with Crippen molar-refractivity contribution in [3.8, 4) is 5.75 Å². The molecule has 0 saturated heterocycles. The zero-order chi connectivity index (χ0) is 14.8. The van der Waals surface area contributed by atoms with E-state index in [0.717, 1.165) is 10.7 Å². The highest BCUT2D eigenvalue weighted by Crippen LogP contribution is 2.17. The third-order valence-electron chi connectivity index (χ3n) is 2.28. The summed E-state index contributed by atoms with van der Waals surface area (Å²) >= 11 is 0. The Hall–Kier alpha value is -1.90. The van der Waals surface area contributed by atoms with Crippen molar-refractivity contribution in [1.82, 2.24) is 9.97 Å². The van der Waals surface area contributed by atoms with Gasteiger partial charge < -0.3 is 5.11 Å². The van der Waals surface area contributed by atoms with Gasteiger partial charge in [-0.3, -0.25) is 0 Å². The van der Waals surface area contributed by atoms with Gasteiger partial charge in [-0.1, -0.05) is 45.9 Å². The number of nitrogens with zero attached hydrogens (tertiary/aromatic N) is 2. The standard InChI is InChI=1S/C12H12N2O.2C2H6/c1-3-8-9(4-2)14-12-10(13-8)6-5-7-11(12)15;2*1-2/h3-7,15H,1-2H3;2*1-2H3/b8-3+,9-4+;;. The van der Waals surface area contributed by atoms with Crippen LogP contribution in [0.25, 0.3) is 23.2 Å². The van der Waals surface area contributed by atoms with Crippen LogP contribution in [-0.4, -0.2) is 15.1 Å². The Bertz CT molecular complexity index is 618. The molecule has 19 heavy (non-hydrogen) atoms. The third kappa shape index (κ3) is 4.05. The molecule has 1 aromatic carbocycles. The molecule has 0 fully saturated rings. The second-order valence-electron chi connectivity index (χ2n) is 3.22.